The van der Waals surface area contributed by atoms with Crippen molar-refractivity contribution < 1.29 is 44.4 Å². The van der Waals surface area contributed by atoms with Gasteiger partial charge in [0.2, 0.25) is 17.7 Å². The fourth-order valence-corrected chi connectivity index (χ4v) is 3.75. The van der Waals surface area contributed by atoms with E-state index in [1.165, 1.54) is 17.0 Å². The van der Waals surface area contributed by atoms with Crippen molar-refractivity contribution in [2.45, 2.75) is 56.3 Å². The molecule has 35 heavy (non-hydrogen) atoms. The summed E-state index contributed by atoms with van der Waals surface area (Å²) in [6.45, 7) is -0.573. The summed E-state index contributed by atoms with van der Waals surface area (Å²) in [5, 5.41) is 41.3. The number of aliphatic hydroxyl groups excluding tert-OH is 1. The number of aliphatic hydroxyl groups is 1. The Morgan fingerprint density at radius 1 is 1.06 bits per heavy atom. The number of nitrogens with one attached hydrogen (secondary N) is 2. The summed E-state index contributed by atoms with van der Waals surface area (Å²) in [7, 11) is 0. The van der Waals surface area contributed by atoms with Crippen LogP contribution in [-0.4, -0.2) is 92.3 Å². The lowest BCUT2D eigenvalue weighted by molar-refractivity contribution is -0.144. The summed E-state index contributed by atoms with van der Waals surface area (Å²) in [6.07, 6.45) is 0.115. The number of hydrogen-bond acceptors (Lipinski definition) is 8. The number of aliphatic carboxylic acids is 2. The number of phenolic OH excluding ortho intramolecular Hbond substituents is 1. The number of carboxylic acid groups (broad SMARTS) is 2. The molecular formula is C22H30N4O9. The van der Waals surface area contributed by atoms with Gasteiger partial charge in [0, 0.05) is 13.0 Å². The zero-order valence-corrected chi connectivity index (χ0v) is 18.9. The number of carbonyl (C=O) groups excluding carboxylic acids is 3. The normalized spacial score (nSPS) is 17.8. The maximum Gasteiger partial charge on any atom is 0.326 e. The first-order chi connectivity index (χ1) is 16.5. The van der Waals surface area contributed by atoms with Gasteiger partial charge in [0.15, 0.2) is 0 Å². The predicted octanol–water partition coefficient (Wildman–Crippen LogP) is -1.84. The molecule has 13 heteroatoms. The quantitative estimate of drug-likeness (QED) is 0.172. The van der Waals surface area contributed by atoms with Crippen LogP contribution in [0.25, 0.3) is 0 Å². The van der Waals surface area contributed by atoms with Gasteiger partial charge < -0.3 is 41.7 Å². The first-order valence-electron chi connectivity index (χ1n) is 11.0. The molecular weight excluding hydrogens is 464 g/mol. The van der Waals surface area contributed by atoms with E-state index in [1.54, 1.807) is 12.1 Å². The average molecular weight is 495 g/mol. The Kier molecular flexibility index (Phi) is 9.97. The Morgan fingerprint density at radius 2 is 1.71 bits per heavy atom. The van der Waals surface area contributed by atoms with Crippen molar-refractivity contribution in [2.24, 2.45) is 5.73 Å². The van der Waals surface area contributed by atoms with Crippen LogP contribution in [0.15, 0.2) is 24.3 Å². The van der Waals surface area contributed by atoms with E-state index >= 15 is 0 Å². The van der Waals surface area contributed by atoms with Crippen molar-refractivity contribution in [1.29, 1.82) is 0 Å². The largest absolute Gasteiger partial charge is 0.508 e. The molecule has 0 spiro atoms. The summed E-state index contributed by atoms with van der Waals surface area (Å²) in [5.41, 5.74) is 6.77. The zero-order chi connectivity index (χ0) is 26.1. The lowest BCUT2D eigenvalue weighted by Gasteiger charge is -2.28. The molecule has 8 N–H and O–H groups in total. The molecule has 1 aliphatic heterocycles. The molecule has 2 rings (SSSR count). The third-order valence-corrected chi connectivity index (χ3v) is 5.62. The van der Waals surface area contributed by atoms with Crippen LogP contribution in [0.1, 0.15) is 31.2 Å². The highest BCUT2D eigenvalue weighted by atomic mass is 16.4. The van der Waals surface area contributed by atoms with Crippen molar-refractivity contribution in [3.05, 3.63) is 29.8 Å². The number of phenols is 1. The lowest BCUT2D eigenvalue weighted by Crippen LogP contribution is -2.57. The van der Waals surface area contributed by atoms with E-state index in [0.29, 0.717) is 12.8 Å². The van der Waals surface area contributed by atoms with Gasteiger partial charge in [0.25, 0.3) is 0 Å². The Balaban J connectivity index is 1.99. The van der Waals surface area contributed by atoms with Crippen molar-refractivity contribution in [1.82, 2.24) is 15.5 Å². The maximum atomic E-state index is 12.9. The van der Waals surface area contributed by atoms with Crippen LogP contribution in [-0.2, 0) is 30.4 Å². The predicted molar refractivity (Wildman–Crippen MR) is 120 cm³/mol. The molecule has 4 unspecified atom stereocenters. The number of carbonyl (C=O) groups is 5. The molecule has 0 bridgehead atoms. The van der Waals surface area contributed by atoms with E-state index in [2.05, 4.69) is 10.6 Å². The minimum atomic E-state index is -1.52. The highest BCUT2D eigenvalue weighted by molar-refractivity contribution is 5.94. The standard InChI is InChI=1S/C22H30N4O9/c23-14(10-12-3-5-13(28)6-4-12)21(33)26-9-1-2-17(26)20(32)25-16(11-27)19(31)24-15(22(34)35)7-8-18(29)30/h3-6,14-17,27-28H,1-2,7-11,23H2,(H,24,31)(H,25,32)(H,29,30)(H,34,35). The third kappa shape index (κ3) is 7.93. The van der Waals surface area contributed by atoms with Gasteiger partial charge in [-0.15, -0.1) is 0 Å². The van der Waals surface area contributed by atoms with Gasteiger partial charge in [-0.2, -0.15) is 0 Å². The van der Waals surface area contributed by atoms with Crippen LogP contribution < -0.4 is 16.4 Å². The number of amides is 3. The van der Waals surface area contributed by atoms with Gasteiger partial charge in [0.1, 0.15) is 23.9 Å². The fraction of sp³-hybridized carbons (Fsp3) is 0.500. The van der Waals surface area contributed by atoms with E-state index in [0.717, 1.165) is 5.56 Å². The Hall–Kier alpha value is -3.71. The van der Waals surface area contributed by atoms with Crippen molar-refractivity contribution >= 4 is 29.7 Å². The van der Waals surface area contributed by atoms with Gasteiger partial charge in [-0.05, 0) is 43.4 Å². The molecule has 0 aliphatic carbocycles. The number of hydrogen-bond donors (Lipinski definition) is 7. The van der Waals surface area contributed by atoms with Gasteiger partial charge in [-0.1, -0.05) is 12.1 Å². The lowest BCUT2D eigenvalue weighted by atomic mass is 10.0. The first-order valence-corrected chi connectivity index (χ1v) is 11.0. The topological polar surface area (TPSA) is 220 Å². The molecule has 0 aromatic heterocycles. The van der Waals surface area contributed by atoms with Crippen molar-refractivity contribution in [3.8, 4) is 5.75 Å². The van der Waals surface area contributed by atoms with Crippen LogP contribution in [0.2, 0.25) is 0 Å². The first kappa shape index (κ1) is 27.5. The second-order valence-corrected chi connectivity index (χ2v) is 8.24. The Morgan fingerprint density at radius 3 is 2.29 bits per heavy atom. The van der Waals surface area contributed by atoms with E-state index in [4.69, 9.17) is 10.8 Å². The van der Waals surface area contributed by atoms with Crippen LogP contribution >= 0.6 is 0 Å². The van der Waals surface area contributed by atoms with Gasteiger partial charge in [0.05, 0.1) is 12.6 Å². The summed E-state index contributed by atoms with van der Waals surface area (Å²) in [6, 6.07) is 1.28. The number of carboxylic acids is 2. The SMILES string of the molecule is NC(Cc1ccc(O)cc1)C(=O)N1CCCC1C(=O)NC(CO)C(=O)NC(CCC(=O)O)C(=O)O. The van der Waals surface area contributed by atoms with E-state index in [-0.39, 0.29) is 25.1 Å². The fourth-order valence-electron chi connectivity index (χ4n) is 3.75. The minimum absolute atomic E-state index is 0.0731. The van der Waals surface area contributed by atoms with Gasteiger partial charge in [-0.3, -0.25) is 19.2 Å². The van der Waals surface area contributed by atoms with Gasteiger partial charge in [-0.25, -0.2) is 4.79 Å². The molecule has 1 aliphatic rings. The molecule has 4 atom stereocenters. The minimum Gasteiger partial charge on any atom is -0.508 e. The maximum absolute atomic E-state index is 12.9. The number of rotatable bonds is 12. The van der Waals surface area contributed by atoms with Crippen LogP contribution in [0.5, 0.6) is 5.75 Å². The van der Waals surface area contributed by atoms with Crippen molar-refractivity contribution in [3.63, 3.8) is 0 Å². The average Bonchev–Trinajstić information content (AvgIpc) is 3.30. The summed E-state index contributed by atoms with van der Waals surface area (Å²) in [5.74, 6) is -4.81. The molecule has 13 nitrogen and oxygen atoms in total. The molecule has 192 valence electrons. The molecule has 0 radical (unpaired) electrons. The van der Waals surface area contributed by atoms with E-state index in [1.807, 2.05) is 0 Å². The smallest absolute Gasteiger partial charge is 0.326 e. The molecule has 0 saturated carbocycles. The summed E-state index contributed by atoms with van der Waals surface area (Å²) in [4.78, 5) is 61.4. The van der Waals surface area contributed by atoms with E-state index < -0.39 is 66.9 Å². The van der Waals surface area contributed by atoms with E-state index in [9.17, 15) is 39.3 Å². The molecule has 1 aromatic carbocycles. The van der Waals surface area contributed by atoms with Crippen molar-refractivity contribution in [2.75, 3.05) is 13.2 Å². The highest BCUT2D eigenvalue weighted by Gasteiger charge is 2.38. The Bertz CT molecular complexity index is 937. The van der Waals surface area contributed by atoms with Crippen LogP contribution in [0.4, 0.5) is 0 Å². The number of nitrogens with two attached hydrogens (primary N) is 1. The summed E-state index contributed by atoms with van der Waals surface area (Å²) < 4.78 is 0. The molecule has 1 aromatic rings. The summed E-state index contributed by atoms with van der Waals surface area (Å²) >= 11 is 0. The third-order valence-electron chi connectivity index (χ3n) is 5.62. The van der Waals surface area contributed by atoms with Crippen LogP contribution in [0.3, 0.4) is 0 Å². The number of aromatic hydroxyl groups is 1. The van der Waals surface area contributed by atoms with Gasteiger partial charge >= 0.3 is 11.9 Å². The number of likely N-dealkylation sites (tertiary alicyclic amines) is 1. The molecule has 1 saturated heterocycles. The Labute approximate surface area is 200 Å². The number of benzene rings is 1. The highest BCUT2D eigenvalue weighted by Crippen LogP contribution is 2.20. The molecule has 3 amide bonds. The molecule has 1 heterocycles. The zero-order valence-electron chi connectivity index (χ0n) is 18.9. The number of nitrogens with zero attached hydrogens (tertiary/aromatic N) is 1. The second-order valence-electron chi connectivity index (χ2n) is 8.24. The monoisotopic (exact) mass is 494 g/mol. The van der Waals surface area contributed by atoms with Crippen LogP contribution in [0, 0.1) is 0 Å². The second kappa shape index (κ2) is 12.7. The molecule has 1 fully saturated rings.